The number of nitrogens with one attached hydrogen (secondary N) is 2. The molecule has 0 aromatic carbocycles. The van der Waals surface area contributed by atoms with E-state index in [9.17, 15) is 4.79 Å². The van der Waals surface area contributed by atoms with Crippen LogP contribution in [-0.2, 0) is 4.79 Å². The highest BCUT2D eigenvalue weighted by atomic mass is 79.9. The molecule has 0 bridgehead atoms. The summed E-state index contributed by atoms with van der Waals surface area (Å²) in [5.74, 6) is 0.688. The van der Waals surface area contributed by atoms with Gasteiger partial charge in [-0.15, -0.1) is 0 Å². The zero-order chi connectivity index (χ0) is 13.0. The molecule has 1 unspecified atom stereocenters. The highest BCUT2D eigenvalue weighted by Crippen LogP contribution is 2.22. The molecular weight excluding hydrogens is 286 g/mol. The van der Waals surface area contributed by atoms with Crippen molar-refractivity contribution in [2.75, 3.05) is 17.7 Å². The van der Waals surface area contributed by atoms with Crippen molar-refractivity contribution in [3.05, 3.63) is 10.7 Å². The number of nitrogens with zero attached hydrogens (tertiary/aromatic N) is 2. The summed E-state index contributed by atoms with van der Waals surface area (Å²) in [5, 5.41) is 5.84. The molecule has 0 aliphatic carbocycles. The number of rotatable bonds is 5. The van der Waals surface area contributed by atoms with Gasteiger partial charge in [-0.3, -0.25) is 4.79 Å². The van der Waals surface area contributed by atoms with Gasteiger partial charge >= 0.3 is 0 Å². The third-order valence-corrected chi connectivity index (χ3v) is 2.81. The molecular formula is C10H16BrN5O. The Morgan fingerprint density at radius 3 is 2.65 bits per heavy atom. The van der Waals surface area contributed by atoms with Crippen LogP contribution in [0.25, 0.3) is 0 Å². The molecule has 94 valence electrons. The smallest absolute Gasteiger partial charge is 0.240 e. The molecule has 1 amide bonds. The van der Waals surface area contributed by atoms with Crippen LogP contribution in [0, 0.1) is 5.92 Å². The molecule has 1 aromatic heterocycles. The third kappa shape index (κ3) is 3.55. The summed E-state index contributed by atoms with van der Waals surface area (Å²) in [4.78, 5) is 19.5. The van der Waals surface area contributed by atoms with E-state index in [1.165, 1.54) is 0 Å². The van der Waals surface area contributed by atoms with Gasteiger partial charge in [0, 0.05) is 13.2 Å². The molecule has 4 N–H and O–H groups in total. The lowest BCUT2D eigenvalue weighted by Gasteiger charge is -2.20. The number of anilines is 2. The zero-order valence-corrected chi connectivity index (χ0v) is 11.6. The molecule has 17 heavy (non-hydrogen) atoms. The van der Waals surface area contributed by atoms with Gasteiger partial charge in [-0.05, 0) is 21.8 Å². The van der Waals surface area contributed by atoms with Crippen molar-refractivity contribution in [1.82, 2.24) is 9.97 Å². The molecule has 0 radical (unpaired) electrons. The summed E-state index contributed by atoms with van der Waals surface area (Å²) in [5.41, 5.74) is 5.33. The van der Waals surface area contributed by atoms with Crippen molar-refractivity contribution in [3.8, 4) is 0 Å². The fourth-order valence-corrected chi connectivity index (χ4v) is 1.61. The van der Waals surface area contributed by atoms with Gasteiger partial charge in [0.2, 0.25) is 11.9 Å². The van der Waals surface area contributed by atoms with Gasteiger partial charge in [0.05, 0.1) is 4.47 Å². The lowest BCUT2D eigenvalue weighted by atomic mass is 10.0. The van der Waals surface area contributed by atoms with Gasteiger partial charge in [0.1, 0.15) is 11.9 Å². The van der Waals surface area contributed by atoms with Crippen molar-refractivity contribution >= 4 is 33.6 Å². The Kier molecular flexibility index (Phi) is 4.68. The molecule has 0 fully saturated rings. The van der Waals surface area contributed by atoms with Crippen LogP contribution < -0.4 is 16.4 Å². The molecule has 0 saturated heterocycles. The zero-order valence-electron chi connectivity index (χ0n) is 9.99. The number of primary amides is 1. The molecule has 1 rings (SSSR count). The molecule has 7 heteroatoms. The van der Waals surface area contributed by atoms with E-state index in [0.717, 1.165) is 0 Å². The maximum atomic E-state index is 11.3. The first-order valence-corrected chi connectivity index (χ1v) is 6.01. The number of carbonyl (C=O) groups excluding carboxylic acids is 1. The van der Waals surface area contributed by atoms with Crippen molar-refractivity contribution in [2.45, 2.75) is 19.9 Å². The Balaban J connectivity index is 2.96. The van der Waals surface area contributed by atoms with E-state index in [0.29, 0.717) is 16.2 Å². The Bertz CT molecular complexity index is 410. The average Bonchev–Trinajstić information content (AvgIpc) is 2.27. The minimum absolute atomic E-state index is 0.0763. The van der Waals surface area contributed by atoms with Crippen molar-refractivity contribution in [1.29, 1.82) is 0 Å². The molecule has 0 saturated carbocycles. The topological polar surface area (TPSA) is 92.9 Å². The van der Waals surface area contributed by atoms with Gasteiger partial charge in [0.25, 0.3) is 0 Å². The van der Waals surface area contributed by atoms with Gasteiger partial charge in [-0.2, -0.15) is 4.98 Å². The maximum absolute atomic E-state index is 11.3. The van der Waals surface area contributed by atoms with Crippen molar-refractivity contribution < 1.29 is 4.79 Å². The second-order valence-corrected chi connectivity index (χ2v) is 4.76. The predicted octanol–water partition coefficient (Wildman–Crippen LogP) is 1.20. The monoisotopic (exact) mass is 301 g/mol. The van der Waals surface area contributed by atoms with Gasteiger partial charge in [-0.25, -0.2) is 4.98 Å². The molecule has 1 aromatic rings. The van der Waals surface area contributed by atoms with E-state index < -0.39 is 11.9 Å². The van der Waals surface area contributed by atoms with Crippen molar-refractivity contribution in [3.63, 3.8) is 0 Å². The van der Waals surface area contributed by atoms with Crippen LogP contribution in [0.2, 0.25) is 0 Å². The Morgan fingerprint density at radius 2 is 2.18 bits per heavy atom. The first-order valence-electron chi connectivity index (χ1n) is 5.21. The fourth-order valence-electron chi connectivity index (χ4n) is 1.30. The fraction of sp³-hybridized carbons (Fsp3) is 0.500. The van der Waals surface area contributed by atoms with E-state index in [2.05, 4.69) is 36.5 Å². The van der Waals surface area contributed by atoms with Crippen LogP contribution >= 0.6 is 15.9 Å². The molecule has 1 heterocycles. The van der Waals surface area contributed by atoms with E-state index in [1.807, 2.05) is 13.8 Å². The Labute approximate surface area is 109 Å². The summed E-state index contributed by atoms with van der Waals surface area (Å²) >= 11 is 3.32. The average molecular weight is 302 g/mol. The predicted molar refractivity (Wildman–Crippen MR) is 70.7 cm³/mol. The van der Waals surface area contributed by atoms with Crippen LogP contribution in [0.5, 0.6) is 0 Å². The van der Waals surface area contributed by atoms with Crippen LogP contribution in [0.4, 0.5) is 11.8 Å². The van der Waals surface area contributed by atoms with Crippen LogP contribution in [0.1, 0.15) is 13.8 Å². The number of halogens is 1. The summed E-state index contributed by atoms with van der Waals surface area (Å²) in [7, 11) is 1.72. The summed E-state index contributed by atoms with van der Waals surface area (Å²) in [6.07, 6.45) is 1.61. The number of carbonyl (C=O) groups is 1. The highest BCUT2D eigenvalue weighted by molar-refractivity contribution is 9.10. The van der Waals surface area contributed by atoms with Gasteiger partial charge in [0.15, 0.2) is 0 Å². The lowest BCUT2D eigenvalue weighted by molar-refractivity contribution is -0.119. The molecule has 6 nitrogen and oxygen atoms in total. The van der Waals surface area contributed by atoms with E-state index in [1.54, 1.807) is 13.2 Å². The standard InChI is InChI=1S/C10H16BrN5O/c1-5(2)7(8(12)17)15-9-6(11)4-14-10(13-3)16-9/h4-5,7H,1-3H3,(H2,12,17)(H2,13,14,15,16). The maximum Gasteiger partial charge on any atom is 0.240 e. The Morgan fingerprint density at radius 1 is 1.53 bits per heavy atom. The van der Waals surface area contributed by atoms with E-state index in [4.69, 9.17) is 5.73 Å². The van der Waals surface area contributed by atoms with E-state index in [-0.39, 0.29) is 5.92 Å². The quantitative estimate of drug-likeness (QED) is 0.760. The number of nitrogens with two attached hydrogens (primary N) is 1. The number of hydrogen-bond acceptors (Lipinski definition) is 5. The largest absolute Gasteiger partial charge is 0.368 e. The van der Waals surface area contributed by atoms with Crippen molar-refractivity contribution in [2.24, 2.45) is 11.7 Å². The van der Waals surface area contributed by atoms with E-state index >= 15 is 0 Å². The summed E-state index contributed by atoms with van der Waals surface area (Å²) in [6, 6.07) is -0.467. The van der Waals surface area contributed by atoms with Crippen LogP contribution in [0.3, 0.4) is 0 Å². The summed E-state index contributed by atoms with van der Waals surface area (Å²) in [6.45, 7) is 3.83. The van der Waals surface area contributed by atoms with Crippen LogP contribution in [0.15, 0.2) is 10.7 Å². The number of amides is 1. The first kappa shape index (κ1) is 13.7. The number of hydrogen-bond donors (Lipinski definition) is 3. The molecule has 0 aliphatic heterocycles. The molecule has 0 aliphatic rings. The summed E-state index contributed by atoms with van der Waals surface area (Å²) < 4.78 is 0.684. The van der Waals surface area contributed by atoms with Crippen LogP contribution in [-0.4, -0.2) is 29.0 Å². The third-order valence-electron chi connectivity index (χ3n) is 2.23. The number of aromatic nitrogens is 2. The van der Waals surface area contributed by atoms with Gasteiger partial charge < -0.3 is 16.4 Å². The SMILES string of the molecule is CNc1ncc(Br)c(NC(C(N)=O)C(C)C)n1. The molecule has 0 spiro atoms. The lowest BCUT2D eigenvalue weighted by Crippen LogP contribution is -2.39. The second-order valence-electron chi connectivity index (χ2n) is 3.91. The van der Waals surface area contributed by atoms with Gasteiger partial charge in [-0.1, -0.05) is 13.8 Å². The highest BCUT2D eigenvalue weighted by Gasteiger charge is 2.20. The minimum Gasteiger partial charge on any atom is -0.368 e. The molecule has 1 atom stereocenters. The normalized spacial score (nSPS) is 12.3. The second kappa shape index (κ2) is 5.81. The first-order chi connectivity index (χ1) is 7.95. The Hall–Kier alpha value is -1.37. The minimum atomic E-state index is -0.467.